The van der Waals surface area contributed by atoms with Crippen molar-refractivity contribution in [1.82, 2.24) is 14.5 Å². The molecule has 2 amide bonds. The van der Waals surface area contributed by atoms with E-state index in [2.05, 4.69) is 5.32 Å². The molecule has 1 N–H and O–H groups in total. The van der Waals surface area contributed by atoms with E-state index in [0.29, 0.717) is 18.9 Å². The lowest BCUT2D eigenvalue weighted by Crippen LogP contribution is -2.51. The molecule has 9 nitrogen and oxygen atoms in total. The topological polar surface area (TPSA) is 105 Å². The van der Waals surface area contributed by atoms with E-state index in [1.807, 2.05) is 0 Å². The Balaban J connectivity index is 2.12. The molecular formula is C20H31N3O6S. The van der Waals surface area contributed by atoms with Gasteiger partial charge in [0.1, 0.15) is 11.8 Å². The first kappa shape index (κ1) is 24.1. The van der Waals surface area contributed by atoms with Crippen LogP contribution in [0.4, 0.5) is 0 Å². The number of hydrogen-bond acceptors (Lipinski definition) is 6. The van der Waals surface area contributed by atoms with Crippen LogP contribution >= 0.6 is 0 Å². The second-order valence-electron chi connectivity index (χ2n) is 7.44. The third-order valence-electron chi connectivity index (χ3n) is 5.13. The summed E-state index contributed by atoms with van der Waals surface area (Å²) in [6.45, 7) is 2.52. The number of carbonyl (C=O) groups excluding carboxylic acids is 2. The Kier molecular flexibility index (Phi) is 8.63. The predicted octanol–water partition coefficient (Wildman–Crippen LogP) is 0.599. The molecule has 1 aromatic rings. The average Bonchev–Trinajstić information content (AvgIpc) is 3.23. The molecule has 30 heavy (non-hydrogen) atoms. The van der Waals surface area contributed by atoms with Gasteiger partial charge in [0.2, 0.25) is 21.8 Å². The van der Waals surface area contributed by atoms with Crippen LogP contribution in [-0.4, -0.2) is 81.7 Å². The van der Waals surface area contributed by atoms with E-state index in [1.165, 1.54) is 11.9 Å². The first-order chi connectivity index (χ1) is 14.1. The van der Waals surface area contributed by atoms with Gasteiger partial charge in [-0.3, -0.25) is 9.59 Å². The first-order valence-electron chi connectivity index (χ1n) is 9.85. The van der Waals surface area contributed by atoms with E-state index in [4.69, 9.17) is 9.47 Å². The molecule has 0 aromatic heterocycles. The third-order valence-corrected chi connectivity index (χ3v) is 6.39. The molecule has 0 saturated carbocycles. The highest BCUT2D eigenvalue weighted by Crippen LogP contribution is 2.16. The van der Waals surface area contributed by atoms with Gasteiger partial charge in [0.05, 0.1) is 26.0 Å². The maximum atomic E-state index is 12.9. The summed E-state index contributed by atoms with van der Waals surface area (Å²) in [6, 6.07) is 6.35. The van der Waals surface area contributed by atoms with Crippen LogP contribution in [0.1, 0.15) is 25.3 Å². The van der Waals surface area contributed by atoms with Crippen molar-refractivity contribution in [3.05, 3.63) is 29.8 Å². The van der Waals surface area contributed by atoms with Crippen molar-refractivity contribution < 1.29 is 27.5 Å². The number of nitrogens with one attached hydrogen (secondary N) is 1. The molecule has 168 valence electrons. The summed E-state index contributed by atoms with van der Waals surface area (Å²) < 4.78 is 35.1. The summed E-state index contributed by atoms with van der Waals surface area (Å²) in [5.74, 6) is -0.0938. The van der Waals surface area contributed by atoms with Crippen LogP contribution in [0.5, 0.6) is 5.75 Å². The Morgan fingerprint density at radius 1 is 1.30 bits per heavy atom. The Bertz CT molecular complexity index is 821. The van der Waals surface area contributed by atoms with Crippen LogP contribution in [0.15, 0.2) is 24.3 Å². The van der Waals surface area contributed by atoms with Gasteiger partial charge in [-0.25, -0.2) is 8.42 Å². The zero-order valence-electron chi connectivity index (χ0n) is 18.0. The van der Waals surface area contributed by atoms with Crippen LogP contribution in [0.3, 0.4) is 0 Å². The van der Waals surface area contributed by atoms with Gasteiger partial charge in [0.15, 0.2) is 0 Å². The number of likely N-dealkylation sites (N-methyl/N-ethyl adjacent to an activating group) is 1. The number of sulfonamides is 1. The number of hydrogen-bond donors (Lipinski definition) is 1. The van der Waals surface area contributed by atoms with Gasteiger partial charge in [0.25, 0.3) is 0 Å². The zero-order valence-corrected chi connectivity index (χ0v) is 18.8. The Labute approximate surface area is 178 Å². The van der Waals surface area contributed by atoms with Gasteiger partial charge in [-0.15, -0.1) is 0 Å². The quantitative estimate of drug-likeness (QED) is 0.570. The van der Waals surface area contributed by atoms with Crippen LogP contribution in [0.2, 0.25) is 0 Å². The van der Waals surface area contributed by atoms with Crippen molar-refractivity contribution in [3.8, 4) is 5.75 Å². The van der Waals surface area contributed by atoms with Gasteiger partial charge >= 0.3 is 0 Å². The normalized spacial score (nSPS) is 17.6. The van der Waals surface area contributed by atoms with Crippen molar-refractivity contribution in [3.63, 3.8) is 0 Å². The molecule has 1 fully saturated rings. The second-order valence-corrected chi connectivity index (χ2v) is 9.53. The number of rotatable bonds is 10. The van der Waals surface area contributed by atoms with Crippen LogP contribution in [0, 0.1) is 0 Å². The number of nitrogens with zero attached hydrogens (tertiary/aromatic N) is 2. The summed E-state index contributed by atoms with van der Waals surface area (Å²) in [4.78, 5) is 27.0. The molecule has 1 saturated heterocycles. The number of benzene rings is 1. The Morgan fingerprint density at radius 3 is 2.50 bits per heavy atom. The zero-order chi connectivity index (χ0) is 22.3. The summed E-state index contributed by atoms with van der Waals surface area (Å²) in [5.41, 5.74) is 0.796. The van der Waals surface area contributed by atoms with E-state index in [0.717, 1.165) is 29.0 Å². The van der Waals surface area contributed by atoms with Crippen LogP contribution in [-0.2, 0) is 30.9 Å². The molecule has 0 bridgehead atoms. The van der Waals surface area contributed by atoms with Crippen molar-refractivity contribution >= 4 is 21.8 Å². The molecule has 1 aliphatic heterocycles. The molecule has 1 aliphatic rings. The smallest absolute Gasteiger partial charge is 0.242 e. The molecular weight excluding hydrogens is 410 g/mol. The predicted molar refractivity (Wildman–Crippen MR) is 112 cm³/mol. The maximum absolute atomic E-state index is 12.9. The SMILES string of the molecule is COc1ccc(CN(C(=O)CN(C)S(C)(=O)=O)C(C)C(=O)NCC2CCCO2)cc1. The lowest BCUT2D eigenvalue weighted by molar-refractivity contribution is -0.140. The Morgan fingerprint density at radius 2 is 1.97 bits per heavy atom. The number of methoxy groups -OCH3 is 1. The minimum Gasteiger partial charge on any atom is -0.497 e. The summed E-state index contributed by atoms with van der Waals surface area (Å²) >= 11 is 0. The van der Waals surface area contributed by atoms with Crippen LogP contribution in [0.25, 0.3) is 0 Å². The third kappa shape index (κ3) is 6.96. The van der Waals surface area contributed by atoms with Gasteiger partial charge in [0, 0.05) is 26.7 Å². The lowest BCUT2D eigenvalue weighted by atomic mass is 10.1. The molecule has 0 radical (unpaired) electrons. The van der Waals surface area contributed by atoms with Crippen molar-refractivity contribution in [2.24, 2.45) is 0 Å². The lowest BCUT2D eigenvalue weighted by Gasteiger charge is -2.30. The van der Waals surface area contributed by atoms with Crippen molar-refractivity contribution in [1.29, 1.82) is 0 Å². The number of carbonyl (C=O) groups is 2. The monoisotopic (exact) mass is 441 g/mol. The van der Waals surface area contributed by atoms with Crippen molar-refractivity contribution in [2.45, 2.75) is 38.5 Å². The number of ether oxygens (including phenoxy) is 2. The van der Waals surface area contributed by atoms with E-state index in [-0.39, 0.29) is 25.1 Å². The molecule has 2 rings (SSSR count). The fourth-order valence-electron chi connectivity index (χ4n) is 3.08. The molecule has 1 heterocycles. The summed E-state index contributed by atoms with van der Waals surface area (Å²) in [7, 11) is -0.632. The van der Waals surface area contributed by atoms with E-state index in [1.54, 1.807) is 38.3 Å². The molecule has 1 aromatic carbocycles. The summed E-state index contributed by atoms with van der Waals surface area (Å²) in [6.07, 6.45) is 2.88. The molecule has 0 aliphatic carbocycles. The highest BCUT2D eigenvalue weighted by molar-refractivity contribution is 7.88. The van der Waals surface area contributed by atoms with E-state index >= 15 is 0 Å². The minimum absolute atomic E-state index is 0.0109. The van der Waals surface area contributed by atoms with Crippen molar-refractivity contribution in [2.75, 3.05) is 40.1 Å². The standard InChI is InChI=1S/C20H31N3O6S/c1-15(20(25)21-12-18-6-5-11-29-18)23(19(24)14-22(2)30(4,26)27)13-16-7-9-17(28-3)10-8-16/h7-10,15,18H,5-6,11-14H2,1-4H3,(H,21,25). The molecule has 10 heteroatoms. The minimum atomic E-state index is -3.53. The molecule has 2 unspecified atom stereocenters. The highest BCUT2D eigenvalue weighted by Gasteiger charge is 2.29. The number of amides is 2. The Hall–Kier alpha value is -2.17. The second kappa shape index (κ2) is 10.7. The van der Waals surface area contributed by atoms with E-state index < -0.39 is 22.0 Å². The highest BCUT2D eigenvalue weighted by atomic mass is 32.2. The fraction of sp³-hybridized carbons (Fsp3) is 0.600. The van der Waals surface area contributed by atoms with Gasteiger partial charge < -0.3 is 19.7 Å². The van der Waals surface area contributed by atoms with Gasteiger partial charge in [-0.1, -0.05) is 12.1 Å². The van der Waals surface area contributed by atoms with Gasteiger partial charge in [-0.2, -0.15) is 4.31 Å². The largest absolute Gasteiger partial charge is 0.497 e. The maximum Gasteiger partial charge on any atom is 0.242 e. The van der Waals surface area contributed by atoms with Crippen LogP contribution < -0.4 is 10.1 Å². The first-order valence-corrected chi connectivity index (χ1v) is 11.7. The fourth-order valence-corrected chi connectivity index (χ4v) is 3.42. The summed E-state index contributed by atoms with van der Waals surface area (Å²) in [5, 5.41) is 2.84. The van der Waals surface area contributed by atoms with E-state index in [9.17, 15) is 18.0 Å². The average molecular weight is 442 g/mol. The van der Waals surface area contributed by atoms with Gasteiger partial charge in [-0.05, 0) is 37.5 Å². The molecule has 0 spiro atoms. The molecule has 2 atom stereocenters.